The molecule has 1 aromatic heterocycles. The first kappa shape index (κ1) is 16.8. The lowest BCUT2D eigenvalue weighted by atomic mass is 10.1. The molecule has 4 rings (SSSR count). The van der Waals surface area contributed by atoms with Gasteiger partial charge in [0.25, 0.3) is 5.91 Å². The van der Waals surface area contributed by atoms with Crippen molar-refractivity contribution in [3.8, 4) is 5.75 Å². The molecule has 136 valence electrons. The molecule has 0 aliphatic carbocycles. The monoisotopic (exact) mass is 352 g/mol. The lowest BCUT2D eigenvalue weighted by molar-refractivity contribution is 0.0767. The highest BCUT2D eigenvalue weighted by atomic mass is 16.5. The highest BCUT2D eigenvalue weighted by Crippen LogP contribution is 2.26. The molecule has 6 nitrogen and oxygen atoms in total. The molecule has 0 bridgehead atoms. The van der Waals surface area contributed by atoms with E-state index in [0.29, 0.717) is 13.2 Å². The first-order valence-electron chi connectivity index (χ1n) is 9.22. The largest absolute Gasteiger partial charge is 0.493 e. The fourth-order valence-electron chi connectivity index (χ4n) is 3.66. The smallest absolute Gasteiger partial charge is 0.253 e. The molecule has 1 amide bonds. The van der Waals surface area contributed by atoms with E-state index in [2.05, 4.69) is 14.9 Å². The third-order valence-electron chi connectivity index (χ3n) is 5.07. The number of fused-ring (bicyclic) bond motifs is 1. The van der Waals surface area contributed by atoms with Crippen LogP contribution in [0.15, 0.2) is 24.4 Å². The first-order valence-corrected chi connectivity index (χ1v) is 9.22. The number of anilines is 1. The predicted octanol–water partition coefficient (Wildman–Crippen LogP) is 2.38. The van der Waals surface area contributed by atoms with Crippen LogP contribution in [0.3, 0.4) is 0 Å². The van der Waals surface area contributed by atoms with E-state index in [9.17, 15) is 4.79 Å². The Balaban J connectivity index is 1.48. The summed E-state index contributed by atoms with van der Waals surface area (Å²) in [6.45, 7) is 7.79. The van der Waals surface area contributed by atoms with Crippen molar-refractivity contribution in [3.63, 3.8) is 0 Å². The Labute approximate surface area is 153 Å². The van der Waals surface area contributed by atoms with Crippen LogP contribution in [0.5, 0.6) is 5.75 Å². The molecule has 3 heterocycles. The van der Waals surface area contributed by atoms with E-state index < -0.39 is 0 Å². The minimum Gasteiger partial charge on any atom is -0.493 e. The van der Waals surface area contributed by atoms with Crippen molar-refractivity contribution in [1.82, 2.24) is 14.9 Å². The lowest BCUT2D eigenvalue weighted by Crippen LogP contribution is -2.35. The lowest BCUT2D eigenvalue weighted by Gasteiger charge is -2.24. The Morgan fingerprint density at radius 1 is 1.15 bits per heavy atom. The number of aromatic nitrogens is 2. The number of nitrogens with zero attached hydrogens (tertiary/aromatic N) is 4. The number of aryl methyl sites for hydroxylation is 2. The number of carbonyl (C=O) groups is 1. The van der Waals surface area contributed by atoms with Crippen molar-refractivity contribution in [2.24, 2.45) is 0 Å². The highest BCUT2D eigenvalue weighted by molar-refractivity contribution is 5.94. The van der Waals surface area contributed by atoms with Gasteiger partial charge in [-0.05, 0) is 44.0 Å². The van der Waals surface area contributed by atoms with E-state index in [1.165, 1.54) is 0 Å². The van der Waals surface area contributed by atoms with Crippen LogP contribution in [0.2, 0.25) is 0 Å². The Hall–Kier alpha value is -2.63. The Morgan fingerprint density at radius 3 is 2.92 bits per heavy atom. The molecule has 2 aliphatic rings. The molecule has 1 saturated heterocycles. The van der Waals surface area contributed by atoms with E-state index in [-0.39, 0.29) is 5.91 Å². The van der Waals surface area contributed by atoms with E-state index in [1.807, 2.05) is 36.9 Å². The average molecular weight is 352 g/mol. The van der Waals surface area contributed by atoms with Gasteiger partial charge in [-0.3, -0.25) is 9.78 Å². The van der Waals surface area contributed by atoms with Gasteiger partial charge in [-0.15, -0.1) is 0 Å². The van der Waals surface area contributed by atoms with Crippen molar-refractivity contribution >= 4 is 11.7 Å². The average Bonchev–Trinajstić information content (AvgIpc) is 2.98. The molecule has 0 N–H and O–H groups in total. The van der Waals surface area contributed by atoms with Crippen molar-refractivity contribution in [2.45, 2.75) is 26.7 Å². The van der Waals surface area contributed by atoms with Crippen LogP contribution in [-0.4, -0.2) is 53.6 Å². The van der Waals surface area contributed by atoms with Crippen LogP contribution < -0.4 is 9.64 Å². The van der Waals surface area contributed by atoms with E-state index in [1.54, 1.807) is 6.20 Å². The summed E-state index contributed by atoms with van der Waals surface area (Å²) in [7, 11) is 0. The number of carbonyl (C=O) groups excluding carboxylic acids is 1. The normalized spacial score (nSPS) is 16.8. The topological polar surface area (TPSA) is 58.6 Å². The van der Waals surface area contributed by atoms with Gasteiger partial charge in [0.15, 0.2) is 0 Å². The number of hydrogen-bond donors (Lipinski definition) is 0. The van der Waals surface area contributed by atoms with E-state index >= 15 is 0 Å². The molecule has 0 atom stereocenters. The van der Waals surface area contributed by atoms with Gasteiger partial charge >= 0.3 is 0 Å². The number of ether oxygens (including phenoxy) is 1. The molecule has 26 heavy (non-hydrogen) atoms. The SMILES string of the molecule is Cc1cnc(C)c(N2CCCN(C(=O)c3ccc4c(c3)CCO4)CC2)n1. The third kappa shape index (κ3) is 3.23. The molecule has 6 heteroatoms. The minimum absolute atomic E-state index is 0.105. The van der Waals surface area contributed by atoms with Crippen molar-refractivity contribution in [1.29, 1.82) is 0 Å². The van der Waals surface area contributed by atoms with E-state index in [0.717, 1.165) is 66.6 Å². The van der Waals surface area contributed by atoms with Gasteiger partial charge in [0.1, 0.15) is 11.6 Å². The summed E-state index contributed by atoms with van der Waals surface area (Å²) in [5.74, 6) is 1.96. The van der Waals surface area contributed by atoms with Gasteiger partial charge in [0.05, 0.1) is 18.0 Å². The summed E-state index contributed by atoms with van der Waals surface area (Å²) in [4.78, 5) is 26.2. The highest BCUT2D eigenvalue weighted by Gasteiger charge is 2.23. The minimum atomic E-state index is 0.105. The summed E-state index contributed by atoms with van der Waals surface area (Å²) in [5.41, 5.74) is 3.75. The number of rotatable bonds is 2. The van der Waals surface area contributed by atoms with Crippen LogP contribution in [0.1, 0.15) is 33.7 Å². The summed E-state index contributed by atoms with van der Waals surface area (Å²) >= 11 is 0. The first-order chi connectivity index (χ1) is 12.6. The van der Waals surface area contributed by atoms with Crippen LogP contribution >= 0.6 is 0 Å². The van der Waals surface area contributed by atoms with Gasteiger partial charge in [0, 0.05) is 44.4 Å². The van der Waals surface area contributed by atoms with Gasteiger partial charge in [-0.2, -0.15) is 0 Å². The fraction of sp³-hybridized carbons (Fsp3) is 0.450. The summed E-state index contributed by atoms with van der Waals surface area (Å²) in [6.07, 6.45) is 3.61. The molecular formula is C20H24N4O2. The molecule has 0 radical (unpaired) electrons. The standard InChI is InChI=1S/C20H24N4O2/c1-14-13-21-15(2)19(22-14)23-7-3-8-24(10-9-23)20(25)17-4-5-18-16(12-17)6-11-26-18/h4-5,12-13H,3,6-11H2,1-2H3. The maximum Gasteiger partial charge on any atom is 0.253 e. The van der Waals surface area contributed by atoms with Crippen molar-refractivity contribution in [2.75, 3.05) is 37.7 Å². The third-order valence-corrected chi connectivity index (χ3v) is 5.07. The summed E-state index contributed by atoms with van der Waals surface area (Å²) in [5, 5.41) is 0. The van der Waals surface area contributed by atoms with Crippen molar-refractivity contribution < 1.29 is 9.53 Å². The summed E-state index contributed by atoms with van der Waals surface area (Å²) in [6, 6.07) is 5.79. The molecular weight excluding hydrogens is 328 g/mol. The molecule has 0 spiro atoms. The number of hydrogen-bond acceptors (Lipinski definition) is 5. The maximum atomic E-state index is 13.0. The second-order valence-corrected chi connectivity index (χ2v) is 6.97. The maximum absolute atomic E-state index is 13.0. The van der Waals surface area contributed by atoms with Crippen molar-refractivity contribution in [3.05, 3.63) is 46.9 Å². The quantitative estimate of drug-likeness (QED) is 0.831. The Morgan fingerprint density at radius 2 is 2.04 bits per heavy atom. The fourth-order valence-corrected chi connectivity index (χ4v) is 3.66. The van der Waals surface area contributed by atoms with E-state index in [4.69, 9.17) is 4.74 Å². The molecule has 1 fully saturated rings. The zero-order chi connectivity index (χ0) is 18.1. The predicted molar refractivity (Wildman–Crippen MR) is 99.9 cm³/mol. The van der Waals surface area contributed by atoms with Gasteiger partial charge < -0.3 is 14.5 Å². The second kappa shape index (κ2) is 6.94. The van der Waals surface area contributed by atoms with Crippen LogP contribution in [0, 0.1) is 13.8 Å². The zero-order valence-corrected chi connectivity index (χ0v) is 15.4. The molecule has 1 aromatic carbocycles. The molecule has 2 aromatic rings. The molecule has 0 unspecified atom stereocenters. The Bertz CT molecular complexity index is 837. The Kier molecular flexibility index (Phi) is 4.49. The van der Waals surface area contributed by atoms with Crippen LogP contribution in [-0.2, 0) is 6.42 Å². The molecule has 0 saturated carbocycles. The second-order valence-electron chi connectivity index (χ2n) is 6.97. The zero-order valence-electron chi connectivity index (χ0n) is 15.4. The molecule has 2 aliphatic heterocycles. The van der Waals surface area contributed by atoms with Gasteiger partial charge in [0.2, 0.25) is 0 Å². The number of amides is 1. The van der Waals surface area contributed by atoms with Gasteiger partial charge in [-0.25, -0.2) is 4.98 Å². The number of benzene rings is 1. The van der Waals surface area contributed by atoms with Crippen LogP contribution in [0.25, 0.3) is 0 Å². The van der Waals surface area contributed by atoms with Crippen LogP contribution in [0.4, 0.5) is 5.82 Å². The summed E-state index contributed by atoms with van der Waals surface area (Å²) < 4.78 is 5.54. The van der Waals surface area contributed by atoms with Gasteiger partial charge in [-0.1, -0.05) is 0 Å².